The van der Waals surface area contributed by atoms with Crippen LogP contribution in [0, 0.1) is 6.92 Å². The zero-order valence-corrected chi connectivity index (χ0v) is 24.1. The van der Waals surface area contributed by atoms with Crippen LogP contribution in [0.1, 0.15) is 49.6 Å². The van der Waals surface area contributed by atoms with Crippen molar-refractivity contribution in [2.75, 3.05) is 13.4 Å². The first-order chi connectivity index (χ1) is 20.0. The minimum Gasteiger partial charge on any atom is -0.463 e. The van der Waals surface area contributed by atoms with Crippen LogP contribution in [0.4, 0.5) is 0 Å². The summed E-state index contributed by atoms with van der Waals surface area (Å²) in [4.78, 5) is 33.1. The number of para-hydroxylation sites is 1. The second kappa shape index (κ2) is 10.9. The van der Waals surface area contributed by atoms with Gasteiger partial charge in [-0.15, -0.1) is 6.58 Å². The maximum Gasteiger partial charge on any atom is 0.338 e. The number of esters is 1. The molecule has 0 bridgehead atoms. The van der Waals surface area contributed by atoms with Crippen LogP contribution in [0.3, 0.4) is 0 Å². The molecule has 9 heteroatoms. The molecule has 1 atom stereocenters. The lowest BCUT2D eigenvalue weighted by atomic mass is 9.94. The van der Waals surface area contributed by atoms with Crippen molar-refractivity contribution in [3.63, 3.8) is 0 Å². The number of fused-ring (bicyclic) bond motifs is 3. The van der Waals surface area contributed by atoms with Gasteiger partial charge in [-0.1, -0.05) is 55.0 Å². The Morgan fingerprint density at radius 3 is 2.78 bits per heavy atom. The Morgan fingerprint density at radius 2 is 2.00 bits per heavy atom. The summed E-state index contributed by atoms with van der Waals surface area (Å²) in [6.45, 7) is 10.8. The fraction of sp³-hybridized carbons (Fsp3) is 0.281. The number of hydrogen-bond acceptors (Lipinski definition) is 7. The zero-order valence-electron chi connectivity index (χ0n) is 23.3. The Morgan fingerprint density at radius 1 is 1.20 bits per heavy atom. The first-order valence-corrected chi connectivity index (χ1v) is 14.6. The molecule has 210 valence electrons. The number of aromatic nitrogens is 2. The van der Waals surface area contributed by atoms with E-state index in [9.17, 15) is 9.59 Å². The minimum atomic E-state index is -0.716. The van der Waals surface area contributed by atoms with Gasteiger partial charge in [0.05, 0.1) is 28.5 Å². The molecule has 8 nitrogen and oxygen atoms in total. The van der Waals surface area contributed by atoms with E-state index in [2.05, 4.69) is 30.2 Å². The van der Waals surface area contributed by atoms with Gasteiger partial charge in [0, 0.05) is 28.7 Å². The molecule has 0 amide bonds. The molecule has 4 heterocycles. The molecular weight excluding hydrogens is 538 g/mol. The second-order valence-corrected chi connectivity index (χ2v) is 11.0. The number of thiazole rings is 1. The third kappa shape index (κ3) is 4.50. The van der Waals surface area contributed by atoms with E-state index < -0.39 is 12.0 Å². The van der Waals surface area contributed by atoms with Crippen molar-refractivity contribution in [2.24, 2.45) is 4.99 Å². The van der Waals surface area contributed by atoms with Crippen molar-refractivity contribution in [3.8, 4) is 11.5 Å². The highest BCUT2D eigenvalue weighted by molar-refractivity contribution is 7.07. The van der Waals surface area contributed by atoms with Gasteiger partial charge in [0.15, 0.2) is 16.3 Å². The van der Waals surface area contributed by atoms with E-state index >= 15 is 0 Å². The topological polar surface area (TPSA) is 84.0 Å². The number of ether oxygens (including phenoxy) is 3. The monoisotopic (exact) mass is 569 g/mol. The lowest BCUT2D eigenvalue weighted by molar-refractivity contribution is -0.139. The highest BCUT2D eigenvalue weighted by atomic mass is 32.1. The molecular formula is C32H31N3O5S. The van der Waals surface area contributed by atoms with Gasteiger partial charge >= 0.3 is 5.97 Å². The van der Waals surface area contributed by atoms with E-state index in [0.717, 1.165) is 34.1 Å². The van der Waals surface area contributed by atoms with Crippen LogP contribution in [0.2, 0.25) is 0 Å². The van der Waals surface area contributed by atoms with Crippen LogP contribution in [0.15, 0.2) is 76.2 Å². The van der Waals surface area contributed by atoms with Crippen molar-refractivity contribution in [3.05, 3.63) is 103 Å². The molecule has 41 heavy (non-hydrogen) atoms. The zero-order chi connectivity index (χ0) is 28.7. The molecule has 2 aromatic carbocycles. The normalized spacial score (nSPS) is 16.2. The number of carbonyl (C=O) groups excluding carboxylic acids is 1. The quantitative estimate of drug-likeness (QED) is 0.226. The van der Waals surface area contributed by atoms with Crippen molar-refractivity contribution < 1.29 is 19.0 Å². The van der Waals surface area contributed by atoms with Crippen LogP contribution < -0.4 is 24.4 Å². The average molecular weight is 570 g/mol. The third-order valence-corrected chi connectivity index (χ3v) is 8.45. The summed E-state index contributed by atoms with van der Waals surface area (Å²) in [7, 11) is 0. The summed E-state index contributed by atoms with van der Waals surface area (Å²) in [5, 5.41) is 1.06. The summed E-state index contributed by atoms with van der Waals surface area (Å²) in [5.74, 6) is 0.732. The second-order valence-electron chi connectivity index (χ2n) is 9.94. The predicted molar refractivity (Wildman–Crippen MR) is 159 cm³/mol. The van der Waals surface area contributed by atoms with Crippen LogP contribution in [-0.2, 0) is 16.1 Å². The SMILES string of the molecule is C=CCn1c(C)c(/C=c2/sc3n(c2=O)C(c2ccc4c(c2)OCO4)C(C(=O)OCC)=C(CCC)N=3)c2ccccc21. The maximum atomic E-state index is 14.2. The molecule has 4 aromatic rings. The van der Waals surface area contributed by atoms with E-state index in [1.807, 2.05) is 49.4 Å². The Hall–Kier alpha value is -4.37. The van der Waals surface area contributed by atoms with E-state index in [1.54, 1.807) is 11.5 Å². The fourth-order valence-electron chi connectivity index (χ4n) is 5.65. The van der Waals surface area contributed by atoms with Crippen molar-refractivity contribution in [2.45, 2.75) is 46.2 Å². The lowest BCUT2D eigenvalue weighted by Gasteiger charge is -2.25. The van der Waals surface area contributed by atoms with Crippen molar-refractivity contribution >= 4 is 34.3 Å². The first kappa shape index (κ1) is 26.8. The van der Waals surface area contributed by atoms with Crippen molar-refractivity contribution in [1.82, 2.24) is 9.13 Å². The fourth-order valence-corrected chi connectivity index (χ4v) is 6.66. The average Bonchev–Trinajstić information content (AvgIpc) is 3.64. The standard InChI is InChI=1S/C32H31N3O5S/c1-5-10-23-28(31(37)38-7-3)29(20-13-14-25-26(16-20)40-18-39-25)35-30(36)27(41-32(35)33-23)17-22-19(4)34(15-6-2)24-12-9-8-11-21(22)24/h6,8-9,11-14,16-17,29H,2,5,7,10,15,18H2,1,3-4H3/b27-17+. The number of allylic oxidation sites excluding steroid dienone is 2. The van der Waals surface area contributed by atoms with E-state index in [1.165, 1.54) is 11.3 Å². The molecule has 0 saturated carbocycles. The molecule has 0 radical (unpaired) electrons. The number of benzene rings is 2. The largest absolute Gasteiger partial charge is 0.463 e. The van der Waals surface area contributed by atoms with Gasteiger partial charge in [0.1, 0.15) is 0 Å². The summed E-state index contributed by atoms with van der Waals surface area (Å²) < 4.78 is 21.0. The molecule has 0 aliphatic carbocycles. The lowest BCUT2D eigenvalue weighted by Crippen LogP contribution is -2.40. The molecule has 0 N–H and O–H groups in total. The summed E-state index contributed by atoms with van der Waals surface area (Å²) in [6, 6.07) is 13.0. The summed E-state index contributed by atoms with van der Waals surface area (Å²) >= 11 is 1.33. The van der Waals surface area contributed by atoms with E-state index in [0.29, 0.717) is 45.1 Å². The Balaban J connectivity index is 1.61. The third-order valence-electron chi connectivity index (χ3n) is 7.47. The van der Waals surface area contributed by atoms with Gasteiger partial charge in [0.25, 0.3) is 5.56 Å². The van der Waals surface area contributed by atoms with Crippen LogP contribution in [-0.4, -0.2) is 28.5 Å². The molecule has 0 saturated heterocycles. The van der Waals surface area contributed by atoms with Gasteiger partial charge in [0.2, 0.25) is 6.79 Å². The van der Waals surface area contributed by atoms with Gasteiger partial charge in [-0.2, -0.15) is 0 Å². The summed E-state index contributed by atoms with van der Waals surface area (Å²) in [5.41, 5.74) is 4.64. The number of carbonyl (C=O) groups is 1. The molecule has 0 fully saturated rings. The molecule has 2 aliphatic rings. The predicted octanol–water partition coefficient (Wildman–Crippen LogP) is 4.76. The van der Waals surface area contributed by atoms with Crippen LogP contribution >= 0.6 is 11.3 Å². The smallest absolute Gasteiger partial charge is 0.338 e. The molecule has 2 aromatic heterocycles. The molecule has 1 unspecified atom stereocenters. The van der Waals surface area contributed by atoms with Gasteiger partial charge in [-0.3, -0.25) is 9.36 Å². The Bertz CT molecular complexity index is 1910. The van der Waals surface area contributed by atoms with E-state index in [4.69, 9.17) is 19.2 Å². The van der Waals surface area contributed by atoms with Crippen LogP contribution in [0.5, 0.6) is 11.5 Å². The van der Waals surface area contributed by atoms with Gasteiger partial charge in [-0.05, 0) is 50.1 Å². The number of rotatable bonds is 8. The van der Waals surface area contributed by atoms with E-state index in [-0.39, 0.29) is 19.0 Å². The highest BCUT2D eigenvalue weighted by Gasteiger charge is 2.35. The Kier molecular flexibility index (Phi) is 7.13. The molecule has 0 spiro atoms. The highest BCUT2D eigenvalue weighted by Crippen LogP contribution is 2.39. The van der Waals surface area contributed by atoms with Gasteiger partial charge < -0.3 is 18.8 Å². The number of hydrogen-bond donors (Lipinski definition) is 0. The Labute approximate surface area is 241 Å². The van der Waals surface area contributed by atoms with Crippen molar-refractivity contribution in [1.29, 1.82) is 0 Å². The van der Waals surface area contributed by atoms with Crippen LogP contribution in [0.25, 0.3) is 17.0 Å². The minimum absolute atomic E-state index is 0.127. The summed E-state index contributed by atoms with van der Waals surface area (Å²) in [6.07, 6.45) is 5.18. The van der Waals surface area contributed by atoms with Gasteiger partial charge in [-0.25, -0.2) is 9.79 Å². The molecule has 2 aliphatic heterocycles. The number of nitrogens with zero attached hydrogens (tertiary/aromatic N) is 3. The molecule has 6 rings (SSSR count). The first-order valence-electron chi connectivity index (χ1n) is 13.8. The maximum absolute atomic E-state index is 14.2.